The Hall–Kier alpha value is -1.81. The van der Waals surface area contributed by atoms with Crippen LogP contribution in [0.2, 0.25) is 5.15 Å². The van der Waals surface area contributed by atoms with Gasteiger partial charge in [-0.25, -0.2) is 4.68 Å². The van der Waals surface area contributed by atoms with Gasteiger partial charge in [-0.1, -0.05) is 17.7 Å². The van der Waals surface area contributed by atoms with Crippen LogP contribution in [0.15, 0.2) is 43.0 Å². The molecule has 0 aromatic carbocycles. The van der Waals surface area contributed by atoms with E-state index in [1.54, 1.807) is 17.1 Å². The fourth-order valence-electron chi connectivity index (χ4n) is 1.51. The number of hydrogen-bond acceptors (Lipinski definition) is 3. The molecule has 0 N–H and O–H groups in total. The van der Waals surface area contributed by atoms with E-state index in [2.05, 4.69) is 10.1 Å². The number of rotatable bonds is 3. The van der Waals surface area contributed by atoms with E-state index in [1.807, 2.05) is 49.5 Å². The molecule has 0 radical (unpaired) electrons. The maximum absolute atomic E-state index is 6.10. The average Bonchev–Trinajstić information content (AvgIpc) is 2.73. The molecule has 88 valence electrons. The number of halogens is 1. The number of allylic oxidation sites excluding steroid dienone is 1. The minimum atomic E-state index is 0.467. The molecular weight excluding hydrogens is 236 g/mol. The van der Waals surface area contributed by atoms with Gasteiger partial charge in [-0.3, -0.25) is 4.98 Å². The number of aromatic nitrogens is 3. The van der Waals surface area contributed by atoms with Gasteiger partial charge < -0.3 is 4.90 Å². The summed E-state index contributed by atoms with van der Waals surface area (Å²) in [5.74, 6) is 0. The standard InChI is InChI=1S/C12H13ClN4/c1-3-7-16(2)11-9-17(15-12(11)13)10-5-4-6-14-8-10/h3-9H,1-2H3. The lowest BCUT2D eigenvalue weighted by Gasteiger charge is -2.10. The summed E-state index contributed by atoms with van der Waals surface area (Å²) in [6, 6.07) is 3.79. The van der Waals surface area contributed by atoms with Gasteiger partial charge >= 0.3 is 0 Å². The van der Waals surface area contributed by atoms with Crippen molar-refractivity contribution in [1.82, 2.24) is 14.8 Å². The second-order valence-corrected chi connectivity index (χ2v) is 3.91. The summed E-state index contributed by atoms with van der Waals surface area (Å²) >= 11 is 6.10. The van der Waals surface area contributed by atoms with Crippen LogP contribution in [0, 0.1) is 0 Å². The van der Waals surface area contributed by atoms with E-state index in [-0.39, 0.29) is 0 Å². The Morgan fingerprint density at radius 2 is 2.29 bits per heavy atom. The van der Waals surface area contributed by atoms with Crippen LogP contribution in [0.3, 0.4) is 0 Å². The second kappa shape index (κ2) is 5.01. The second-order valence-electron chi connectivity index (χ2n) is 3.55. The molecule has 0 atom stereocenters. The Balaban J connectivity index is 2.37. The Kier molecular flexibility index (Phi) is 3.44. The molecule has 2 rings (SSSR count). The third-order valence-electron chi connectivity index (χ3n) is 2.31. The van der Waals surface area contributed by atoms with Crippen LogP contribution in [0.5, 0.6) is 0 Å². The van der Waals surface area contributed by atoms with Gasteiger partial charge in [0.25, 0.3) is 0 Å². The van der Waals surface area contributed by atoms with Crippen molar-refractivity contribution < 1.29 is 0 Å². The van der Waals surface area contributed by atoms with Gasteiger partial charge in [0.1, 0.15) is 0 Å². The molecule has 4 nitrogen and oxygen atoms in total. The van der Waals surface area contributed by atoms with Crippen molar-refractivity contribution in [3.05, 3.63) is 48.2 Å². The van der Waals surface area contributed by atoms with Crippen molar-refractivity contribution in [1.29, 1.82) is 0 Å². The lowest BCUT2D eigenvalue weighted by molar-refractivity contribution is 0.874. The van der Waals surface area contributed by atoms with Crippen LogP contribution in [0.4, 0.5) is 5.69 Å². The molecule has 0 amide bonds. The van der Waals surface area contributed by atoms with Crippen molar-refractivity contribution in [2.75, 3.05) is 11.9 Å². The molecule has 0 bridgehead atoms. The average molecular weight is 249 g/mol. The number of anilines is 1. The maximum atomic E-state index is 6.10. The van der Waals surface area contributed by atoms with Crippen molar-refractivity contribution in [2.45, 2.75) is 6.92 Å². The van der Waals surface area contributed by atoms with Gasteiger partial charge in [-0.15, -0.1) is 0 Å². The van der Waals surface area contributed by atoms with Crippen LogP contribution in [-0.2, 0) is 0 Å². The Morgan fingerprint density at radius 3 is 2.94 bits per heavy atom. The van der Waals surface area contributed by atoms with E-state index in [0.717, 1.165) is 11.4 Å². The summed E-state index contributed by atoms with van der Waals surface area (Å²) in [5.41, 5.74) is 1.74. The van der Waals surface area contributed by atoms with Gasteiger partial charge in [-0.2, -0.15) is 5.10 Å². The minimum absolute atomic E-state index is 0.467. The summed E-state index contributed by atoms with van der Waals surface area (Å²) in [5, 5.41) is 4.72. The normalized spacial score (nSPS) is 11.0. The molecule has 0 spiro atoms. The van der Waals surface area contributed by atoms with Crippen molar-refractivity contribution in [3.8, 4) is 5.69 Å². The lowest BCUT2D eigenvalue weighted by Crippen LogP contribution is -2.06. The maximum Gasteiger partial charge on any atom is 0.175 e. The van der Waals surface area contributed by atoms with Crippen molar-refractivity contribution in [3.63, 3.8) is 0 Å². The summed E-state index contributed by atoms with van der Waals surface area (Å²) in [6.45, 7) is 1.95. The zero-order valence-corrected chi connectivity index (χ0v) is 10.5. The topological polar surface area (TPSA) is 34.0 Å². The molecule has 0 aliphatic carbocycles. The smallest absolute Gasteiger partial charge is 0.175 e. The molecule has 0 saturated heterocycles. The number of pyridine rings is 1. The summed E-state index contributed by atoms with van der Waals surface area (Å²) in [6.07, 6.45) is 9.21. The predicted molar refractivity (Wildman–Crippen MR) is 69.6 cm³/mol. The van der Waals surface area contributed by atoms with Crippen LogP contribution in [0.1, 0.15) is 6.92 Å². The molecule has 2 aromatic rings. The summed E-state index contributed by atoms with van der Waals surface area (Å²) < 4.78 is 1.71. The largest absolute Gasteiger partial charge is 0.348 e. The first kappa shape index (κ1) is 11.7. The van der Waals surface area contributed by atoms with Gasteiger partial charge in [-0.05, 0) is 25.3 Å². The van der Waals surface area contributed by atoms with E-state index < -0.39 is 0 Å². The predicted octanol–water partition coefficient (Wildman–Crippen LogP) is 2.89. The Labute approximate surface area is 105 Å². The fraction of sp³-hybridized carbons (Fsp3) is 0.167. The van der Waals surface area contributed by atoms with Gasteiger partial charge in [0, 0.05) is 13.2 Å². The van der Waals surface area contributed by atoms with Crippen molar-refractivity contribution in [2.24, 2.45) is 0 Å². The molecule has 0 aliphatic rings. The van der Waals surface area contributed by atoms with Gasteiger partial charge in [0.15, 0.2) is 5.15 Å². The molecule has 0 saturated carbocycles. The highest BCUT2D eigenvalue weighted by Gasteiger charge is 2.10. The van der Waals surface area contributed by atoms with E-state index in [1.165, 1.54) is 0 Å². The van der Waals surface area contributed by atoms with E-state index in [9.17, 15) is 0 Å². The molecule has 2 aromatic heterocycles. The highest BCUT2D eigenvalue weighted by molar-refractivity contribution is 6.32. The van der Waals surface area contributed by atoms with E-state index in [4.69, 9.17) is 11.6 Å². The van der Waals surface area contributed by atoms with Crippen LogP contribution in [0.25, 0.3) is 5.69 Å². The zero-order valence-electron chi connectivity index (χ0n) is 9.71. The SMILES string of the molecule is CC=CN(C)c1cn(-c2cccnc2)nc1Cl. The van der Waals surface area contributed by atoms with E-state index in [0.29, 0.717) is 5.15 Å². The first-order chi connectivity index (χ1) is 8.22. The third kappa shape index (κ3) is 2.47. The Morgan fingerprint density at radius 1 is 1.47 bits per heavy atom. The molecule has 17 heavy (non-hydrogen) atoms. The zero-order chi connectivity index (χ0) is 12.3. The quantitative estimate of drug-likeness (QED) is 0.838. The first-order valence-corrected chi connectivity index (χ1v) is 5.61. The molecular formula is C12H13ClN4. The summed E-state index contributed by atoms with van der Waals surface area (Å²) in [7, 11) is 1.93. The molecule has 5 heteroatoms. The molecule has 0 aliphatic heterocycles. The molecule has 2 heterocycles. The van der Waals surface area contributed by atoms with E-state index >= 15 is 0 Å². The first-order valence-electron chi connectivity index (χ1n) is 5.23. The van der Waals surface area contributed by atoms with Crippen molar-refractivity contribution >= 4 is 17.3 Å². The monoisotopic (exact) mass is 248 g/mol. The highest BCUT2D eigenvalue weighted by Crippen LogP contribution is 2.24. The Bertz CT molecular complexity index is 519. The molecule has 0 fully saturated rings. The number of nitrogens with zero attached hydrogens (tertiary/aromatic N) is 4. The highest BCUT2D eigenvalue weighted by atomic mass is 35.5. The summed E-state index contributed by atoms with van der Waals surface area (Å²) in [4.78, 5) is 5.97. The minimum Gasteiger partial charge on any atom is -0.348 e. The van der Waals surface area contributed by atoms with Crippen LogP contribution < -0.4 is 4.90 Å². The van der Waals surface area contributed by atoms with Gasteiger partial charge in [0.05, 0.1) is 23.8 Å². The van der Waals surface area contributed by atoms with Crippen LogP contribution >= 0.6 is 11.6 Å². The number of hydrogen-bond donors (Lipinski definition) is 0. The molecule has 0 unspecified atom stereocenters. The van der Waals surface area contributed by atoms with Crippen LogP contribution in [-0.4, -0.2) is 21.8 Å². The lowest BCUT2D eigenvalue weighted by atomic mass is 10.4. The van der Waals surface area contributed by atoms with Gasteiger partial charge in [0.2, 0.25) is 0 Å². The fourth-order valence-corrected chi connectivity index (χ4v) is 1.77. The third-order valence-corrected chi connectivity index (χ3v) is 2.58.